The van der Waals surface area contributed by atoms with Crippen LogP contribution in [-0.2, 0) is 10.0 Å². The zero-order valence-electron chi connectivity index (χ0n) is 18.0. The van der Waals surface area contributed by atoms with Gasteiger partial charge in [0.1, 0.15) is 5.75 Å². The molecule has 1 amide bonds. The fourth-order valence-corrected chi connectivity index (χ4v) is 4.46. The van der Waals surface area contributed by atoms with E-state index >= 15 is 0 Å². The lowest BCUT2D eigenvalue weighted by Crippen LogP contribution is -2.28. The van der Waals surface area contributed by atoms with E-state index in [-0.39, 0.29) is 16.8 Å². The van der Waals surface area contributed by atoms with Crippen LogP contribution in [-0.4, -0.2) is 28.5 Å². The maximum absolute atomic E-state index is 12.9. The molecular formula is C24H26N2O4S. The predicted octanol–water partition coefficient (Wildman–Crippen LogP) is 4.32. The van der Waals surface area contributed by atoms with E-state index in [0.29, 0.717) is 17.0 Å². The van der Waals surface area contributed by atoms with Crippen LogP contribution in [0.2, 0.25) is 0 Å². The van der Waals surface area contributed by atoms with Crippen molar-refractivity contribution in [3.8, 4) is 5.75 Å². The monoisotopic (exact) mass is 438 g/mol. The molecule has 0 aromatic heterocycles. The third-order valence-corrected chi connectivity index (χ3v) is 6.89. The van der Waals surface area contributed by atoms with Crippen molar-refractivity contribution in [1.82, 2.24) is 5.32 Å². The smallest absolute Gasteiger partial charge is 0.264 e. The molecular weight excluding hydrogens is 412 g/mol. The Balaban J connectivity index is 1.77. The van der Waals surface area contributed by atoms with E-state index < -0.39 is 10.0 Å². The predicted molar refractivity (Wildman–Crippen MR) is 122 cm³/mol. The third-order valence-electron chi connectivity index (χ3n) is 5.09. The molecule has 1 N–H and O–H groups in total. The number of hydrogen-bond donors (Lipinski definition) is 1. The highest BCUT2D eigenvalue weighted by atomic mass is 32.2. The van der Waals surface area contributed by atoms with Gasteiger partial charge in [-0.25, -0.2) is 8.42 Å². The normalized spacial score (nSPS) is 12.1. The van der Waals surface area contributed by atoms with Crippen LogP contribution in [0.5, 0.6) is 5.75 Å². The molecule has 1 atom stereocenters. The molecule has 7 heteroatoms. The van der Waals surface area contributed by atoms with Crippen LogP contribution >= 0.6 is 0 Å². The van der Waals surface area contributed by atoms with Gasteiger partial charge in [-0.3, -0.25) is 9.10 Å². The molecule has 162 valence electrons. The second-order valence-corrected chi connectivity index (χ2v) is 9.24. The van der Waals surface area contributed by atoms with Gasteiger partial charge >= 0.3 is 0 Å². The quantitative estimate of drug-likeness (QED) is 0.596. The molecule has 1 unspecified atom stereocenters. The standard InChI is InChI=1S/C24H26N2O4S/c1-17-10-15-23(30-4)22(16-17)18(2)25-24(27)19-11-13-21(14-12-19)31(28,29)26(3)20-8-6-5-7-9-20/h5-16,18H,1-4H3,(H,25,27). The number of anilines is 1. The van der Waals surface area contributed by atoms with E-state index in [2.05, 4.69) is 5.32 Å². The topological polar surface area (TPSA) is 75.7 Å². The van der Waals surface area contributed by atoms with E-state index in [4.69, 9.17) is 4.74 Å². The number of para-hydroxylation sites is 1. The van der Waals surface area contributed by atoms with E-state index in [1.165, 1.54) is 35.6 Å². The van der Waals surface area contributed by atoms with Gasteiger partial charge < -0.3 is 10.1 Å². The van der Waals surface area contributed by atoms with E-state index in [1.54, 1.807) is 31.4 Å². The molecule has 0 spiro atoms. The Morgan fingerprint density at radius 1 is 1.00 bits per heavy atom. The fraction of sp³-hybridized carbons (Fsp3) is 0.208. The van der Waals surface area contributed by atoms with Gasteiger partial charge in [-0.1, -0.05) is 35.9 Å². The molecule has 6 nitrogen and oxygen atoms in total. The number of nitrogens with zero attached hydrogens (tertiary/aromatic N) is 1. The van der Waals surface area contributed by atoms with E-state index in [0.717, 1.165) is 11.1 Å². The van der Waals surface area contributed by atoms with Crippen molar-refractivity contribution in [2.75, 3.05) is 18.5 Å². The maximum Gasteiger partial charge on any atom is 0.264 e. The molecule has 31 heavy (non-hydrogen) atoms. The SMILES string of the molecule is COc1ccc(C)cc1C(C)NC(=O)c1ccc(S(=O)(=O)N(C)c2ccccc2)cc1. The molecule has 0 bridgehead atoms. The van der Waals surface area contributed by atoms with Crippen LogP contribution in [0.15, 0.2) is 77.7 Å². The summed E-state index contributed by atoms with van der Waals surface area (Å²) in [7, 11) is -0.635. The summed E-state index contributed by atoms with van der Waals surface area (Å²) in [5, 5.41) is 2.94. The van der Waals surface area contributed by atoms with Crippen LogP contribution in [0.25, 0.3) is 0 Å². The summed E-state index contributed by atoms with van der Waals surface area (Å²) >= 11 is 0. The van der Waals surface area contributed by atoms with Crippen LogP contribution in [0.4, 0.5) is 5.69 Å². The average molecular weight is 439 g/mol. The molecule has 0 saturated heterocycles. The molecule has 0 aliphatic rings. The summed E-state index contributed by atoms with van der Waals surface area (Å²) in [6.07, 6.45) is 0. The number of sulfonamides is 1. The lowest BCUT2D eigenvalue weighted by Gasteiger charge is -2.20. The number of amides is 1. The van der Waals surface area contributed by atoms with Crippen LogP contribution < -0.4 is 14.4 Å². The van der Waals surface area contributed by atoms with Crippen molar-refractivity contribution in [2.45, 2.75) is 24.8 Å². The van der Waals surface area contributed by atoms with Gasteiger partial charge in [-0.15, -0.1) is 0 Å². The first kappa shape index (κ1) is 22.4. The lowest BCUT2D eigenvalue weighted by molar-refractivity contribution is 0.0939. The van der Waals surface area contributed by atoms with Gasteiger partial charge in [0.2, 0.25) is 0 Å². The van der Waals surface area contributed by atoms with Crippen molar-refractivity contribution in [3.05, 3.63) is 89.5 Å². The number of nitrogens with one attached hydrogen (secondary N) is 1. The minimum atomic E-state index is -3.73. The Morgan fingerprint density at radius 2 is 1.65 bits per heavy atom. The number of carbonyl (C=O) groups excluding carboxylic acids is 1. The number of carbonyl (C=O) groups is 1. The molecule has 0 saturated carbocycles. The summed E-state index contributed by atoms with van der Waals surface area (Å²) < 4.78 is 32.4. The number of ether oxygens (including phenoxy) is 1. The summed E-state index contributed by atoms with van der Waals surface area (Å²) in [6, 6.07) is 20.3. The highest BCUT2D eigenvalue weighted by Gasteiger charge is 2.22. The van der Waals surface area contributed by atoms with E-state index in [1.807, 2.05) is 38.1 Å². The van der Waals surface area contributed by atoms with Crippen molar-refractivity contribution in [2.24, 2.45) is 0 Å². The van der Waals surface area contributed by atoms with E-state index in [9.17, 15) is 13.2 Å². The van der Waals surface area contributed by atoms with Gasteiger partial charge in [-0.2, -0.15) is 0 Å². The number of hydrogen-bond acceptors (Lipinski definition) is 4. The first-order valence-corrected chi connectivity index (χ1v) is 11.3. The Kier molecular flexibility index (Phi) is 6.65. The Labute approximate surface area is 183 Å². The number of methoxy groups -OCH3 is 1. The Morgan fingerprint density at radius 3 is 2.26 bits per heavy atom. The van der Waals surface area contributed by atoms with Gasteiger partial charge in [0.25, 0.3) is 15.9 Å². The zero-order valence-corrected chi connectivity index (χ0v) is 18.8. The Hall–Kier alpha value is -3.32. The highest BCUT2D eigenvalue weighted by Crippen LogP contribution is 2.27. The number of rotatable bonds is 7. The van der Waals surface area contributed by atoms with Gasteiger partial charge in [0.15, 0.2) is 0 Å². The molecule has 0 aliphatic heterocycles. The molecule has 3 aromatic carbocycles. The Bertz CT molecular complexity index is 1160. The van der Waals surface area contributed by atoms with Crippen molar-refractivity contribution in [1.29, 1.82) is 0 Å². The highest BCUT2D eigenvalue weighted by molar-refractivity contribution is 7.92. The summed E-state index contributed by atoms with van der Waals surface area (Å²) in [4.78, 5) is 12.8. The molecule has 0 radical (unpaired) electrons. The van der Waals surface area contributed by atoms with Crippen LogP contribution in [0.1, 0.15) is 34.5 Å². The van der Waals surface area contributed by atoms with Gasteiger partial charge in [0.05, 0.1) is 23.7 Å². The summed E-state index contributed by atoms with van der Waals surface area (Å²) in [5.41, 5.74) is 2.87. The van der Waals surface area contributed by atoms with Crippen LogP contribution in [0, 0.1) is 6.92 Å². The number of benzene rings is 3. The molecule has 0 heterocycles. The third kappa shape index (κ3) is 4.88. The van der Waals surface area contributed by atoms with Crippen molar-refractivity contribution in [3.63, 3.8) is 0 Å². The fourth-order valence-electron chi connectivity index (χ4n) is 3.26. The molecule has 3 rings (SSSR count). The minimum Gasteiger partial charge on any atom is -0.496 e. The summed E-state index contributed by atoms with van der Waals surface area (Å²) in [6.45, 7) is 3.85. The molecule has 3 aromatic rings. The van der Waals surface area contributed by atoms with Gasteiger partial charge in [0, 0.05) is 18.2 Å². The first-order valence-electron chi connectivity index (χ1n) is 9.83. The zero-order chi connectivity index (χ0) is 22.6. The molecule has 0 aliphatic carbocycles. The second kappa shape index (κ2) is 9.22. The first-order chi connectivity index (χ1) is 14.7. The minimum absolute atomic E-state index is 0.115. The lowest BCUT2D eigenvalue weighted by atomic mass is 10.0. The second-order valence-electron chi connectivity index (χ2n) is 7.27. The summed E-state index contributed by atoms with van der Waals surface area (Å²) in [5.74, 6) is 0.403. The van der Waals surface area contributed by atoms with Crippen molar-refractivity contribution >= 4 is 21.6 Å². The van der Waals surface area contributed by atoms with Gasteiger partial charge in [-0.05, 0) is 56.3 Å². The molecule has 0 fully saturated rings. The largest absolute Gasteiger partial charge is 0.496 e. The van der Waals surface area contributed by atoms with Crippen molar-refractivity contribution < 1.29 is 17.9 Å². The van der Waals surface area contributed by atoms with Crippen LogP contribution in [0.3, 0.4) is 0 Å². The maximum atomic E-state index is 12.9. The number of aryl methyl sites for hydroxylation is 1. The average Bonchev–Trinajstić information content (AvgIpc) is 2.79.